The summed E-state index contributed by atoms with van der Waals surface area (Å²) in [5, 5.41) is 12.2. The Labute approximate surface area is 139 Å². The van der Waals surface area contributed by atoms with Gasteiger partial charge in [-0.25, -0.2) is 0 Å². The summed E-state index contributed by atoms with van der Waals surface area (Å²) in [6.07, 6.45) is 2.53. The Kier molecular flexibility index (Phi) is 4.09. The fraction of sp³-hybridized carbons (Fsp3) is 0.444. The molecule has 0 aromatic carbocycles. The lowest BCUT2D eigenvalue weighted by molar-refractivity contribution is 0.0864. The highest BCUT2D eigenvalue weighted by Gasteiger charge is 2.37. The molecule has 3 rings (SSSR count). The second kappa shape index (κ2) is 5.94. The number of aliphatic hydroxyl groups excluding tert-OH is 1. The van der Waals surface area contributed by atoms with E-state index in [4.69, 9.17) is 8.83 Å². The van der Waals surface area contributed by atoms with Gasteiger partial charge >= 0.3 is 0 Å². The number of hydrogen-bond donors (Lipinski definition) is 2. The minimum Gasteiger partial charge on any atom is -0.467 e. The van der Waals surface area contributed by atoms with E-state index in [-0.39, 0.29) is 23.6 Å². The zero-order valence-electron chi connectivity index (χ0n) is 14.0. The zero-order chi connectivity index (χ0) is 17.5. The Morgan fingerprint density at radius 3 is 2.79 bits per heavy atom. The van der Waals surface area contributed by atoms with Crippen molar-refractivity contribution in [2.75, 3.05) is 6.61 Å². The monoisotopic (exact) mass is 331 g/mol. The summed E-state index contributed by atoms with van der Waals surface area (Å²) in [7, 11) is 0. The molecule has 2 aromatic rings. The lowest BCUT2D eigenvalue weighted by atomic mass is 9.76. The maximum atomic E-state index is 12.5. The highest BCUT2D eigenvalue weighted by atomic mass is 16.4. The van der Waals surface area contributed by atoms with Crippen molar-refractivity contribution in [3.05, 3.63) is 46.8 Å². The Morgan fingerprint density at radius 2 is 2.17 bits per heavy atom. The predicted molar refractivity (Wildman–Crippen MR) is 85.9 cm³/mol. The average molecular weight is 331 g/mol. The molecule has 1 unspecified atom stereocenters. The van der Waals surface area contributed by atoms with Crippen molar-refractivity contribution in [3.8, 4) is 0 Å². The molecule has 1 atom stereocenters. The van der Waals surface area contributed by atoms with Crippen LogP contribution in [-0.2, 0) is 6.42 Å². The lowest BCUT2D eigenvalue weighted by Gasteiger charge is -2.27. The third kappa shape index (κ3) is 2.89. The summed E-state index contributed by atoms with van der Waals surface area (Å²) in [6, 6.07) is 2.69. The number of ketones is 1. The first-order chi connectivity index (χ1) is 11.3. The minimum atomic E-state index is -0.666. The van der Waals surface area contributed by atoms with E-state index in [0.29, 0.717) is 35.5 Å². The first-order valence-electron chi connectivity index (χ1n) is 7.93. The van der Waals surface area contributed by atoms with Crippen molar-refractivity contribution in [2.24, 2.45) is 5.41 Å². The van der Waals surface area contributed by atoms with Gasteiger partial charge in [0.05, 0.1) is 18.4 Å². The number of furan rings is 2. The van der Waals surface area contributed by atoms with Crippen LogP contribution in [0.2, 0.25) is 0 Å². The van der Waals surface area contributed by atoms with Crippen LogP contribution in [0.25, 0.3) is 0 Å². The van der Waals surface area contributed by atoms with Gasteiger partial charge in [-0.15, -0.1) is 0 Å². The third-order valence-electron chi connectivity index (χ3n) is 4.36. The molecule has 128 valence electrons. The molecule has 6 heteroatoms. The van der Waals surface area contributed by atoms with Crippen LogP contribution in [0.5, 0.6) is 0 Å². The number of rotatable bonds is 4. The number of carbonyl (C=O) groups is 2. The molecular weight excluding hydrogens is 310 g/mol. The molecule has 1 aliphatic carbocycles. The SMILES string of the molecule is Cc1c(C(=O)NC(CO)c2ccco2)oc2c1C(=O)CC(C)(C)C2. The maximum Gasteiger partial charge on any atom is 0.287 e. The molecule has 0 bridgehead atoms. The first-order valence-corrected chi connectivity index (χ1v) is 7.93. The number of amides is 1. The highest BCUT2D eigenvalue weighted by Crippen LogP contribution is 2.38. The molecule has 0 radical (unpaired) electrons. The third-order valence-corrected chi connectivity index (χ3v) is 4.36. The fourth-order valence-corrected chi connectivity index (χ4v) is 3.22. The second-order valence-electron chi connectivity index (χ2n) is 7.02. The van der Waals surface area contributed by atoms with E-state index in [0.717, 1.165) is 0 Å². The van der Waals surface area contributed by atoms with Gasteiger partial charge in [0.15, 0.2) is 11.5 Å². The molecular formula is C18H21NO5. The zero-order valence-corrected chi connectivity index (χ0v) is 14.0. The summed E-state index contributed by atoms with van der Waals surface area (Å²) in [4.78, 5) is 24.9. The van der Waals surface area contributed by atoms with Gasteiger partial charge in [-0.1, -0.05) is 13.8 Å². The topological polar surface area (TPSA) is 92.7 Å². The summed E-state index contributed by atoms with van der Waals surface area (Å²) in [5.74, 6) is 0.680. The van der Waals surface area contributed by atoms with Crippen LogP contribution < -0.4 is 5.32 Å². The Balaban J connectivity index is 1.88. The number of hydrogen-bond acceptors (Lipinski definition) is 5. The molecule has 0 saturated heterocycles. The van der Waals surface area contributed by atoms with Crippen LogP contribution in [0, 0.1) is 12.3 Å². The van der Waals surface area contributed by atoms with Gasteiger partial charge in [-0.3, -0.25) is 9.59 Å². The summed E-state index contributed by atoms with van der Waals surface area (Å²) >= 11 is 0. The van der Waals surface area contributed by atoms with Crippen LogP contribution in [-0.4, -0.2) is 23.4 Å². The van der Waals surface area contributed by atoms with Gasteiger partial charge < -0.3 is 19.3 Å². The van der Waals surface area contributed by atoms with Gasteiger partial charge in [-0.2, -0.15) is 0 Å². The molecule has 2 heterocycles. The maximum absolute atomic E-state index is 12.5. The lowest BCUT2D eigenvalue weighted by Crippen LogP contribution is -2.30. The Morgan fingerprint density at radius 1 is 1.42 bits per heavy atom. The molecule has 0 aliphatic heterocycles. The van der Waals surface area contributed by atoms with E-state index in [1.54, 1.807) is 19.1 Å². The standard InChI is InChI=1S/C18H21NO5/c1-10-15-12(21)7-18(2,3)8-14(15)24-16(10)17(22)19-11(9-20)13-5-4-6-23-13/h4-6,11,20H,7-9H2,1-3H3,(H,19,22). The number of fused-ring (bicyclic) bond motifs is 1. The van der Waals surface area contributed by atoms with Crippen LogP contribution in [0.1, 0.15) is 64.3 Å². The van der Waals surface area contributed by atoms with Crippen LogP contribution in [0.4, 0.5) is 0 Å². The van der Waals surface area contributed by atoms with Crippen LogP contribution in [0.3, 0.4) is 0 Å². The van der Waals surface area contributed by atoms with Crippen molar-refractivity contribution in [3.63, 3.8) is 0 Å². The first kappa shape index (κ1) is 16.5. The van der Waals surface area contributed by atoms with E-state index >= 15 is 0 Å². The molecule has 2 N–H and O–H groups in total. The van der Waals surface area contributed by atoms with Crippen molar-refractivity contribution in [1.29, 1.82) is 0 Å². The van der Waals surface area contributed by atoms with Crippen molar-refractivity contribution in [1.82, 2.24) is 5.32 Å². The van der Waals surface area contributed by atoms with Crippen molar-refractivity contribution in [2.45, 2.75) is 39.7 Å². The molecule has 1 aliphatic rings. The largest absolute Gasteiger partial charge is 0.467 e. The molecule has 2 aromatic heterocycles. The number of aliphatic hydroxyl groups is 1. The molecule has 0 spiro atoms. The molecule has 24 heavy (non-hydrogen) atoms. The molecule has 0 fully saturated rings. The summed E-state index contributed by atoms with van der Waals surface area (Å²) in [6.45, 7) is 5.42. The van der Waals surface area contributed by atoms with Gasteiger partial charge in [0.25, 0.3) is 5.91 Å². The normalized spacial score (nSPS) is 17.4. The number of carbonyl (C=O) groups excluding carboxylic acids is 2. The molecule has 6 nitrogen and oxygen atoms in total. The Hall–Kier alpha value is -2.34. The quantitative estimate of drug-likeness (QED) is 0.898. The van der Waals surface area contributed by atoms with Gasteiger partial charge in [0, 0.05) is 18.4 Å². The van der Waals surface area contributed by atoms with E-state index in [2.05, 4.69) is 5.32 Å². The average Bonchev–Trinajstić information content (AvgIpc) is 3.11. The Bertz CT molecular complexity index is 770. The predicted octanol–water partition coefficient (Wildman–Crippen LogP) is 2.80. The summed E-state index contributed by atoms with van der Waals surface area (Å²) in [5.41, 5.74) is 0.904. The van der Waals surface area contributed by atoms with Crippen molar-refractivity contribution >= 4 is 11.7 Å². The number of nitrogens with one attached hydrogen (secondary N) is 1. The molecule has 0 saturated carbocycles. The van der Waals surface area contributed by atoms with Crippen LogP contribution in [0.15, 0.2) is 27.2 Å². The van der Waals surface area contributed by atoms with Gasteiger partial charge in [0.2, 0.25) is 0 Å². The van der Waals surface area contributed by atoms with Gasteiger partial charge in [-0.05, 0) is 24.5 Å². The highest BCUT2D eigenvalue weighted by molar-refractivity contribution is 6.03. The minimum absolute atomic E-state index is 0.00583. The van der Waals surface area contributed by atoms with E-state index in [1.807, 2.05) is 13.8 Å². The van der Waals surface area contributed by atoms with E-state index in [9.17, 15) is 14.7 Å². The number of Topliss-reactive ketones (excluding diaryl/α,β-unsaturated/α-hetero) is 1. The second-order valence-corrected chi connectivity index (χ2v) is 7.02. The molecule has 1 amide bonds. The van der Waals surface area contributed by atoms with Gasteiger partial charge in [0.1, 0.15) is 17.6 Å². The van der Waals surface area contributed by atoms with Crippen molar-refractivity contribution < 1.29 is 23.5 Å². The van der Waals surface area contributed by atoms with E-state index < -0.39 is 11.9 Å². The fourth-order valence-electron chi connectivity index (χ4n) is 3.22. The van der Waals surface area contributed by atoms with E-state index in [1.165, 1.54) is 6.26 Å². The smallest absolute Gasteiger partial charge is 0.287 e. The van der Waals surface area contributed by atoms with Crippen LogP contribution >= 0.6 is 0 Å². The summed E-state index contributed by atoms with van der Waals surface area (Å²) < 4.78 is 10.9.